The fourth-order valence-electron chi connectivity index (χ4n) is 3.12. The largest absolute Gasteiger partial charge is 0.308 e. The molecule has 0 unspecified atom stereocenters. The van der Waals surface area contributed by atoms with Gasteiger partial charge in [-0.15, -0.1) is 0 Å². The average molecular weight is 366 g/mol. The number of carbonyl (C=O) groups is 1. The number of pyridine rings is 2. The average Bonchev–Trinajstić information content (AvgIpc) is 2.70. The minimum absolute atomic E-state index is 0.182. The van der Waals surface area contributed by atoms with Crippen LogP contribution in [-0.2, 0) is 4.79 Å². The molecule has 0 bridgehead atoms. The van der Waals surface area contributed by atoms with Crippen LogP contribution in [0.15, 0.2) is 43.1 Å². The summed E-state index contributed by atoms with van der Waals surface area (Å²) in [5.41, 5.74) is 0.317. The van der Waals surface area contributed by atoms with E-state index in [0.717, 1.165) is 10.9 Å². The molecule has 0 radical (unpaired) electrons. The summed E-state index contributed by atoms with van der Waals surface area (Å²) in [5, 5.41) is 3.40. The number of piperidine rings is 1. The van der Waals surface area contributed by atoms with Gasteiger partial charge < -0.3 is 10.2 Å². The maximum atomic E-state index is 14.9. The van der Waals surface area contributed by atoms with Gasteiger partial charge in [0.05, 0.1) is 23.6 Å². The molecule has 0 aliphatic carbocycles. The van der Waals surface area contributed by atoms with Gasteiger partial charge in [0.1, 0.15) is 5.82 Å². The van der Waals surface area contributed by atoms with Gasteiger partial charge in [-0.2, -0.15) is 0 Å². The second-order valence-electron chi connectivity index (χ2n) is 6.80. The molecule has 0 spiro atoms. The molecule has 3 aromatic heterocycles. The minimum Gasteiger partial charge on any atom is -0.308 e. The number of aromatic nitrogens is 4. The van der Waals surface area contributed by atoms with Crippen LogP contribution in [0, 0.1) is 0 Å². The van der Waals surface area contributed by atoms with Gasteiger partial charge in [-0.1, -0.05) is 0 Å². The predicted molar refractivity (Wildman–Crippen MR) is 99.8 cm³/mol. The monoisotopic (exact) mass is 366 g/mol. The lowest BCUT2D eigenvalue weighted by atomic mass is 9.92. The van der Waals surface area contributed by atoms with Crippen molar-refractivity contribution in [2.24, 2.45) is 0 Å². The summed E-state index contributed by atoms with van der Waals surface area (Å²) in [4.78, 5) is 31.3. The summed E-state index contributed by atoms with van der Waals surface area (Å²) in [5.74, 6) is -0.331. The highest BCUT2D eigenvalue weighted by Gasteiger charge is 2.41. The normalized spacial score (nSPS) is 17.0. The number of nitrogens with zero attached hydrogens (tertiary/aromatic N) is 5. The van der Waals surface area contributed by atoms with E-state index in [4.69, 9.17) is 0 Å². The van der Waals surface area contributed by atoms with Crippen LogP contribution in [0.2, 0.25) is 0 Å². The van der Waals surface area contributed by atoms with Crippen molar-refractivity contribution in [3.8, 4) is 11.3 Å². The molecule has 0 saturated carbocycles. The third-order valence-corrected chi connectivity index (χ3v) is 4.85. The molecule has 1 N–H and O–H groups in total. The van der Waals surface area contributed by atoms with E-state index in [9.17, 15) is 9.18 Å². The van der Waals surface area contributed by atoms with Gasteiger partial charge in [0, 0.05) is 55.5 Å². The van der Waals surface area contributed by atoms with Crippen molar-refractivity contribution in [3.63, 3.8) is 0 Å². The fourth-order valence-corrected chi connectivity index (χ4v) is 3.12. The molecule has 1 aliphatic rings. The van der Waals surface area contributed by atoms with E-state index in [-0.39, 0.29) is 12.8 Å². The van der Waals surface area contributed by atoms with Crippen molar-refractivity contribution < 1.29 is 9.18 Å². The van der Waals surface area contributed by atoms with Crippen LogP contribution in [-0.4, -0.2) is 56.5 Å². The fraction of sp³-hybridized carbons (Fsp3) is 0.316. The Balaban J connectivity index is 1.58. The second kappa shape index (κ2) is 6.96. The van der Waals surface area contributed by atoms with Crippen LogP contribution in [0.3, 0.4) is 0 Å². The summed E-state index contributed by atoms with van der Waals surface area (Å²) in [6.45, 7) is 1.11. The molecular weight excluding hydrogens is 347 g/mol. The van der Waals surface area contributed by atoms with Crippen LogP contribution in [0.4, 0.5) is 10.2 Å². The summed E-state index contributed by atoms with van der Waals surface area (Å²) in [6, 6.07) is 3.59. The van der Waals surface area contributed by atoms with Crippen LogP contribution < -0.4 is 5.32 Å². The molecule has 1 amide bonds. The Morgan fingerprint density at radius 3 is 2.67 bits per heavy atom. The number of anilines is 1. The first-order valence-electron chi connectivity index (χ1n) is 8.75. The molecule has 27 heavy (non-hydrogen) atoms. The Kier molecular flexibility index (Phi) is 4.49. The van der Waals surface area contributed by atoms with Gasteiger partial charge >= 0.3 is 0 Å². The summed E-state index contributed by atoms with van der Waals surface area (Å²) in [6.07, 6.45) is 8.49. The van der Waals surface area contributed by atoms with Crippen LogP contribution in [0.1, 0.15) is 12.8 Å². The maximum absolute atomic E-state index is 14.9. The van der Waals surface area contributed by atoms with Crippen molar-refractivity contribution in [1.29, 1.82) is 0 Å². The summed E-state index contributed by atoms with van der Waals surface area (Å²) in [7, 11) is 1.92. The molecule has 0 atom stereocenters. The van der Waals surface area contributed by atoms with E-state index in [2.05, 4.69) is 25.3 Å². The number of nitrogens with one attached hydrogen (secondary N) is 1. The molecule has 4 rings (SSSR count). The van der Waals surface area contributed by atoms with Gasteiger partial charge in [-0.25, -0.2) is 9.37 Å². The number of likely N-dealkylation sites (tertiary alicyclic amines) is 1. The zero-order chi connectivity index (χ0) is 18.9. The van der Waals surface area contributed by atoms with E-state index in [1.165, 1.54) is 0 Å². The van der Waals surface area contributed by atoms with E-state index in [1.54, 1.807) is 37.1 Å². The smallest absolute Gasteiger partial charge is 0.263 e. The molecule has 1 fully saturated rings. The van der Waals surface area contributed by atoms with E-state index >= 15 is 0 Å². The number of halogens is 1. The predicted octanol–water partition coefficient (Wildman–Crippen LogP) is 2.46. The first-order valence-corrected chi connectivity index (χ1v) is 8.75. The van der Waals surface area contributed by atoms with E-state index < -0.39 is 11.6 Å². The number of rotatable bonds is 3. The Morgan fingerprint density at radius 1 is 1.11 bits per heavy atom. The topological polar surface area (TPSA) is 83.9 Å². The molecule has 8 heteroatoms. The van der Waals surface area contributed by atoms with Gasteiger partial charge in [0.25, 0.3) is 5.91 Å². The molecule has 138 valence electrons. The number of hydrogen-bond donors (Lipinski definition) is 1. The quantitative estimate of drug-likeness (QED) is 0.767. The van der Waals surface area contributed by atoms with Gasteiger partial charge in [-0.3, -0.25) is 19.7 Å². The van der Waals surface area contributed by atoms with Crippen molar-refractivity contribution in [2.75, 3.05) is 25.5 Å². The Hall–Kier alpha value is -3.00. The second-order valence-corrected chi connectivity index (χ2v) is 6.80. The zero-order valence-corrected chi connectivity index (χ0v) is 14.9. The number of carbonyl (C=O) groups excluding carboxylic acids is 1. The molecule has 1 saturated heterocycles. The first kappa shape index (κ1) is 17.4. The maximum Gasteiger partial charge on any atom is 0.263 e. The van der Waals surface area contributed by atoms with E-state index in [1.807, 2.05) is 18.0 Å². The Morgan fingerprint density at radius 2 is 1.93 bits per heavy atom. The molecule has 0 aromatic carbocycles. The Bertz CT molecular complexity index is 972. The SMILES string of the molecule is CN1CCC(F)(C(=O)Nc2cc3cc(-c4cnccn4)cnc3cn2)CC1. The van der Waals surface area contributed by atoms with Gasteiger partial charge in [0.15, 0.2) is 5.67 Å². The van der Waals surface area contributed by atoms with Crippen LogP contribution >= 0.6 is 0 Å². The Labute approximate surface area is 155 Å². The lowest BCUT2D eigenvalue weighted by Gasteiger charge is -2.33. The van der Waals surface area contributed by atoms with Crippen molar-refractivity contribution >= 4 is 22.6 Å². The van der Waals surface area contributed by atoms with Crippen molar-refractivity contribution in [3.05, 3.63) is 43.1 Å². The summed E-state index contributed by atoms with van der Waals surface area (Å²) < 4.78 is 14.9. The lowest BCUT2D eigenvalue weighted by Crippen LogP contribution is -2.47. The number of amides is 1. The third-order valence-electron chi connectivity index (χ3n) is 4.85. The molecule has 4 heterocycles. The first-order chi connectivity index (χ1) is 13.0. The van der Waals surface area contributed by atoms with Gasteiger partial charge in [0.2, 0.25) is 0 Å². The van der Waals surface area contributed by atoms with Crippen molar-refractivity contribution in [1.82, 2.24) is 24.8 Å². The lowest BCUT2D eigenvalue weighted by molar-refractivity contribution is -0.130. The number of hydrogen-bond acceptors (Lipinski definition) is 6. The third kappa shape index (κ3) is 3.61. The summed E-state index contributed by atoms with van der Waals surface area (Å²) >= 11 is 0. The zero-order valence-electron chi connectivity index (χ0n) is 14.9. The highest BCUT2D eigenvalue weighted by atomic mass is 19.1. The standard InChI is InChI=1S/C19H19FN6O/c1-26-6-2-19(20,3-7-26)18(27)25-17-9-13-8-14(10-23-16(13)12-24-17)15-11-21-4-5-22-15/h4-5,8-12H,2-3,6-7H2,1H3,(H,24,25,27). The molecular formula is C19H19FN6O. The van der Waals surface area contributed by atoms with Crippen molar-refractivity contribution in [2.45, 2.75) is 18.5 Å². The highest BCUT2D eigenvalue weighted by molar-refractivity contribution is 5.98. The van der Waals surface area contributed by atoms with E-state index in [0.29, 0.717) is 30.1 Å². The molecule has 3 aromatic rings. The molecule has 1 aliphatic heterocycles. The highest BCUT2D eigenvalue weighted by Crippen LogP contribution is 2.28. The van der Waals surface area contributed by atoms with Crippen LogP contribution in [0.5, 0.6) is 0 Å². The minimum atomic E-state index is -1.86. The number of fused-ring (bicyclic) bond motifs is 1. The van der Waals surface area contributed by atoms with Crippen LogP contribution in [0.25, 0.3) is 22.2 Å². The number of alkyl halides is 1. The van der Waals surface area contributed by atoms with Gasteiger partial charge in [-0.05, 0) is 19.2 Å². The molecule has 7 nitrogen and oxygen atoms in total.